The molecule has 1 aliphatic heterocycles. The molecule has 0 radical (unpaired) electrons. The van der Waals surface area contributed by atoms with Crippen LogP contribution in [0.1, 0.15) is 62.4 Å². The molecule has 7 rings (SSSR count). The number of halogens is 1. The van der Waals surface area contributed by atoms with Gasteiger partial charge in [0.2, 0.25) is 5.91 Å². The van der Waals surface area contributed by atoms with E-state index in [-0.39, 0.29) is 28.6 Å². The Morgan fingerprint density at radius 1 is 1.24 bits per heavy atom. The molecule has 13 heteroatoms. The van der Waals surface area contributed by atoms with Gasteiger partial charge in [-0.1, -0.05) is 0 Å². The summed E-state index contributed by atoms with van der Waals surface area (Å²) in [5, 5.41) is 23.2. The van der Waals surface area contributed by atoms with E-state index in [2.05, 4.69) is 31.4 Å². The molecule has 4 bridgehead atoms. The molecule has 1 N–H and O–H groups in total. The molecular formula is C25H32BrN7O5. The summed E-state index contributed by atoms with van der Waals surface area (Å²) in [6, 6.07) is 0. The van der Waals surface area contributed by atoms with Gasteiger partial charge in [-0.2, -0.15) is 9.78 Å². The van der Waals surface area contributed by atoms with Crippen molar-refractivity contribution in [1.29, 1.82) is 0 Å². The molecule has 5 aliphatic rings. The van der Waals surface area contributed by atoms with Crippen LogP contribution in [-0.4, -0.2) is 67.5 Å². The van der Waals surface area contributed by atoms with Crippen molar-refractivity contribution in [3.05, 3.63) is 32.7 Å². The van der Waals surface area contributed by atoms with Crippen LogP contribution in [-0.2, 0) is 21.6 Å². The molecule has 2 unspecified atom stereocenters. The Labute approximate surface area is 228 Å². The maximum Gasteiger partial charge on any atom is 0.404 e. The van der Waals surface area contributed by atoms with Crippen LogP contribution < -0.4 is 5.32 Å². The molecule has 5 fully saturated rings. The number of amides is 2. The molecule has 2 aromatic rings. The van der Waals surface area contributed by atoms with Crippen LogP contribution in [0.25, 0.3) is 0 Å². The van der Waals surface area contributed by atoms with Crippen LogP contribution >= 0.6 is 15.9 Å². The SMILES string of the molecule is CCn1ncc(NC(=O)CC23CC4CC(C2)CC(n2cc(Br)c([N+](=O)[O-])n2)(C4)C3)c1C(=O)N1CCOCC1. The van der Waals surface area contributed by atoms with Crippen molar-refractivity contribution < 1.29 is 19.2 Å². The zero-order valence-corrected chi connectivity index (χ0v) is 23.0. The fourth-order valence-electron chi connectivity index (χ4n) is 7.98. The monoisotopic (exact) mass is 589 g/mol. The Morgan fingerprint density at radius 2 is 1.95 bits per heavy atom. The average molecular weight is 590 g/mol. The minimum atomic E-state index is -0.462. The molecule has 4 saturated carbocycles. The van der Waals surface area contributed by atoms with Crippen molar-refractivity contribution in [1.82, 2.24) is 24.5 Å². The molecule has 2 amide bonds. The smallest absolute Gasteiger partial charge is 0.378 e. The van der Waals surface area contributed by atoms with E-state index in [1.165, 1.54) is 0 Å². The standard InChI is InChI=1S/C25H32BrN7O5/c1-2-31-21(23(35)30-3-5-38-6-4-30)19(13-27-31)28-20(34)12-24-8-16-7-17(9-24)11-25(10-16,15-24)32-14-18(26)22(29-32)33(36)37/h13-14,16-17H,2-12,15H2,1H3,(H,28,34). The van der Waals surface area contributed by atoms with Gasteiger partial charge in [-0.05, 0) is 83.6 Å². The number of nitro groups is 1. The summed E-state index contributed by atoms with van der Waals surface area (Å²) in [5.74, 6) is 0.488. The lowest BCUT2D eigenvalue weighted by atomic mass is 9.46. The number of aromatic nitrogens is 4. The summed E-state index contributed by atoms with van der Waals surface area (Å²) < 4.78 is 9.21. The second kappa shape index (κ2) is 9.44. The third-order valence-corrected chi connectivity index (χ3v) is 9.47. The summed E-state index contributed by atoms with van der Waals surface area (Å²) in [7, 11) is 0. The zero-order chi connectivity index (χ0) is 26.7. The lowest BCUT2D eigenvalue weighted by Crippen LogP contribution is -2.57. The van der Waals surface area contributed by atoms with Gasteiger partial charge in [-0.25, -0.2) is 0 Å². The molecular weight excluding hydrogens is 558 g/mol. The van der Waals surface area contributed by atoms with Gasteiger partial charge in [0.05, 0.1) is 41.9 Å². The number of anilines is 1. The third kappa shape index (κ3) is 4.33. The summed E-state index contributed by atoms with van der Waals surface area (Å²) in [5.41, 5.74) is 0.334. The Morgan fingerprint density at radius 3 is 2.58 bits per heavy atom. The quantitative estimate of drug-likeness (QED) is 0.385. The highest BCUT2D eigenvalue weighted by molar-refractivity contribution is 9.10. The van der Waals surface area contributed by atoms with E-state index >= 15 is 0 Å². The maximum atomic E-state index is 13.5. The first-order valence-corrected chi connectivity index (χ1v) is 14.1. The van der Waals surface area contributed by atoms with Crippen LogP contribution in [0.5, 0.6) is 0 Å². The number of carbonyl (C=O) groups excluding carboxylic acids is 2. The molecule has 3 heterocycles. The first-order chi connectivity index (χ1) is 18.2. The van der Waals surface area contributed by atoms with Gasteiger partial charge in [0.25, 0.3) is 5.91 Å². The van der Waals surface area contributed by atoms with Crippen LogP contribution in [0.2, 0.25) is 0 Å². The van der Waals surface area contributed by atoms with E-state index in [4.69, 9.17) is 4.74 Å². The van der Waals surface area contributed by atoms with Gasteiger partial charge in [0, 0.05) is 26.1 Å². The number of aryl methyl sites for hydroxylation is 1. The van der Waals surface area contributed by atoms with E-state index in [0.717, 1.165) is 38.5 Å². The van der Waals surface area contributed by atoms with E-state index in [1.54, 1.807) is 22.0 Å². The highest BCUT2D eigenvalue weighted by Crippen LogP contribution is 2.65. The van der Waals surface area contributed by atoms with Crippen molar-refractivity contribution >= 4 is 39.2 Å². The molecule has 204 valence electrons. The number of hydrogen-bond acceptors (Lipinski definition) is 7. The Bertz CT molecular complexity index is 1270. The van der Waals surface area contributed by atoms with Crippen molar-refractivity contribution in [2.45, 2.75) is 64.0 Å². The predicted molar refractivity (Wildman–Crippen MR) is 140 cm³/mol. The van der Waals surface area contributed by atoms with Gasteiger partial charge in [0.15, 0.2) is 0 Å². The van der Waals surface area contributed by atoms with Gasteiger partial charge >= 0.3 is 5.82 Å². The third-order valence-electron chi connectivity index (χ3n) is 8.91. The number of carbonyl (C=O) groups is 2. The second-order valence-electron chi connectivity index (χ2n) is 11.5. The van der Waals surface area contributed by atoms with Crippen molar-refractivity contribution in [3.8, 4) is 0 Å². The number of nitrogens with zero attached hydrogens (tertiary/aromatic N) is 6. The van der Waals surface area contributed by atoms with Gasteiger partial charge in [0.1, 0.15) is 10.2 Å². The van der Waals surface area contributed by atoms with Crippen LogP contribution in [0.4, 0.5) is 11.5 Å². The second-order valence-corrected chi connectivity index (χ2v) is 12.4. The summed E-state index contributed by atoms with van der Waals surface area (Å²) in [6.07, 6.45) is 9.34. The molecule has 1 saturated heterocycles. The van der Waals surface area contributed by atoms with E-state index < -0.39 is 4.92 Å². The van der Waals surface area contributed by atoms with Gasteiger partial charge in [-0.3, -0.25) is 14.3 Å². The fourth-order valence-corrected chi connectivity index (χ4v) is 8.40. The molecule has 2 atom stereocenters. The summed E-state index contributed by atoms with van der Waals surface area (Å²) >= 11 is 3.31. The number of ether oxygens (including phenoxy) is 1. The van der Waals surface area contributed by atoms with E-state index in [9.17, 15) is 19.7 Å². The van der Waals surface area contributed by atoms with E-state index in [1.807, 2.05) is 11.6 Å². The summed E-state index contributed by atoms with van der Waals surface area (Å²) in [4.78, 5) is 39.6. The number of nitrogens with one attached hydrogen (secondary N) is 1. The van der Waals surface area contributed by atoms with Crippen molar-refractivity contribution in [3.63, 3.8) is 0 Å². The number of hydrogen-bond donors (Lipinski definition) is 1. The van der Waals surface area contributed by atoms with Gasteiger partial charge < -0.3 is 25.1 Å². The van der Waals surface area contributed by atoms with Gasteiger partial charge in [-0.15, -0.1) is 0 Å². The Hall–Kier alpha value is -2.80. The fraction of sp³-hybridized carbons (Fsp3) is 0.680. The van der Waals surface area contributed by atoms with Crippen LogP contribution in [0, 0.1) is 27.4 Å². The Balaban J connectivity index is 1.23. The van der Waals surface area contributed by atoms with Crippen LogP contribution in [0.3, 0.4) is 0 Å². The minimum Gasteiger partial charge on any atom is -0.378 e. The molecule has 0 aromatic carbocycles. The number of morpholine rings is 1. The average Bonchev–Trinajstić information content (AvgIpc) is 3.46. The normalized spacial score (nSPS) is 30.0. The molecule has 12 nitrogen and oxygen atoms in total. The first kappa shape index (κ1) is 25.5. The zero-order valence-electron chi connectivity index (χ0n) is 21.4. The van der Waals surface area contributed by atoms with Crippen molar-refractivity contribution in [2.75, 3.05) is 31.6 Å². The highest BCUT2D eigenvalue weighted by Gasteiger charge is 2.60. The molecule has 4 aliphatic carbocycles. The lowest BCUT2D eigenvalue weighted by Gasteiger charge is -2.61. The number of rotatable bonds is 7. The Kier molecular flexibility index (Phi) is 6.33. The lowest BCUT2D eigenvalue weighted by molar-refractivity contribution is -0.390. The topological polar surface area (TPSA) is 137 Å². The van der Waals surface area contributed by atoms with E-state index in [0.29, 0.717) is 67.0 Å². The largest absolute Gasteiger partial charge is 0.404 e. The van der Waals surface area contributed by atoms with Crippen LogP contribution in [0.15, 0.2) is 16.9 Å². The summed E-state index contributed by atoms with van der Waals surface area (Å²) in [6.45, 7) is 4.45. The molecule has 38 heavy (non-hydrogen) atoms. The molecule has 2 aromatic heterocycles. The maximum absolute atomic E-state index is 13.5. The first-order valence-electron chi connectivity index (χ1n) is 13.3. The predicted octanol–water partition coefficient (Wildman–Crippen LogP) is 3.57. The highest BCUT2D eigenvalue weighted by atomic mass is 79.9. The van der Waals surface area contributed by atoms with Crippen molar-refractivity contribution in [2.24, 2.45) is 17.3 Å². The minimum absolute atomic E-state index is 0.124. The molecule has 0 spiro atoms.